The molecule has 0 amide bonds. The van der Waals surface area contributed by atoms with Crippen molar-refractivity contribution >= 4 is 0 Å². The van der Waals surface area contributed by atoms with Gasteiger partial charge in [0.25, 0.3) is 0 Å². The van der Waals surface area contributed by atoms with Crippen LogP contribution in [0.4, 0.5) is 13.2 Å². The van der Waals surface area contributed by atoms with E-state index in [1.807, 2.05) is 17.8 Å². The number of hydrogen-bond donors (Lipinski definition) is 0. The first kappa shape index (κ1) is 17.6. The van der Waals surface area contributed by atoms with Crippen LogP contribution >= 0.6 is 0 Å². The predicted molar refractivity (Wildman–Crippen MR) is 80.8 cm³/mol. The highest BCUT2D eigenvalue weighted by atomic mass is 19.4. The Kier molecular flexibility index (Phi) is 5.19. The molecule has 0 spiro atoms. The maximum Gasteiger partial charge on any atom is 0.451 e. The molecule has 1 saturated heterocycles. The Hall–Kier alpha value is -2.20. The molecule has 0 saturated carbocycles. The van der Waals surface area contributed by atoms with E-state index in [2.05, 4.69) is 19.9 Å². The third kappa shape index (κ3) is 4.67. The summed E-state index contributed by atoms with van der Waals surface area (Å²) in [6, 6.07) is 1.30. The average Bonchev–Trinajstić information content (AvgIpc) is 2.98. The van der Waals surface area contributed by atoms with Gasteiger partial charge in [0.1, 0.15) is 18.5 Å². The minimum Gasteiger partial charge on any atom is -0.475 e. The minimum atomic E-state index is -4.60. The summed E-state index contributed by atoms with van der Waals surface area (Å²) in [6.07, 6.45) is -0.203. The van der Waals surface area contributed by atoms with Crippen LogP contribution in [0.3, 0.4) is 0 Å². The molecule has 0 bridgehead atoms. The second-order valence-electron chi connectivity index (χ2n) is 5.71. The van der Waals surface area contributed by atoms with Crippen molar-refractivity contribution in [3.05, 3.63) is 36.3 Å². The van der Waals surface area contributed by atoms with Gasteiger partial charge in [0, 0.05) is 44.8 Å². The largest absolute Gasteiger partial charge is 0.475 e. The summed E-state index contributed by atoms with van der Waals surface area (Å²) in [5.74, 6) is -0.398. The molecule has 3 rings (SSSR count). The van der Waals surface area contributed by atoms with Crippen molar-refractivity contribution in [2.45, 2.75) is 18.8 Å². The Labute approximate surface area is 142 Å². The van der Waals surface area contributed by atoms with Crippen LogP contribution in [-0.2, 0) is 24.5 Å². The van der Waals surface area contributed by atoms with E-state index < -0.39 is 12.0 Å². The number of ether oxygens (including phenoxy) is 2. The number of rotatable bonds is 5. The molecule has 1 atom stereocenters. The summed E-state index contributed by atoms with van der Waals surface area (Å²) in [6.45, 7) is 2.68. The van der Waals surface area contributed by atoms with Crippen molar-refractivity contribution in [1.29, 1.82) is 0 Å². The van der Waals surface area contributed by atoms with Gasteiger partial charge >= 0.3 is 6.18 Å². The molecule has 10 heteroatoms. The molecule has 7 nitrogen and oxygen atoms in total. The van der Waals surface area contributed by atoms with E-state index in [9.17, 15) is 13.2 Å². The van der Waals surface area contributed by atoms with Crippen molar-refractivity contribution in [3.63, 3.8) is 0 Å². The fraction of sp³-hybridized carbons (Fsp3) is 0.533. The lowest BCUT2D eigenvalue weighted by molar-refractivity contribution is -0.145. The molecule has 0 aliphatic carbocycles. The van der Waals surface area contributed by atoms with Crippen LogP contribution in [0.2, 0.25) is 0 Å². The number of aromatic nitrogens is 4. The SMILES string of the molecule is Cn1ccnc1CN1CCOC(COc2ccnc(C(F)(F)F)n2)C1. The van der Waals surface area contributed by atoms with Crippen LogP contribution in [0, 0.1) is 0 Å². The molecular formula is C15H18F3N5O2. The number of morpholine rings is 1. The first-order valence-electron chi connectivity index (χ1n) is 7.75. The summed E-state index contributed by atoms with van der Waals surface area (Å²) >= 11 is 0. The first-order chi connectivity index (χ1) is 11.9. The van der Waals surface area contributed by atoms with Gasteiger partial charge in [-0.05, 0) is 0 Å². The fourth-order valence-electron chi connectivity index (χ4n) is 2.51. The minimum absolute atomic E-state index is 0.116. The molecule has 25 heavy (non-hydrogen) atoms. The van der Waals surface area contributed by atoms with Gasteiger partial charge in [-0.15, -0.1) is 0 Å². The Bertz CT molecular complexity index is 706. The standard InChI is InChI=1S/C15H18F3N5O2/c1-22-5-4-19-12(22)9-23-6-7-24-11(8-23)10-25-13-2-3-20-14(21-13)15(16,17)18/h2-5,11H,6-10H2,1H3. The number of alkyl halides is 3. The zero-order valence-electron chi connectivity index (χ0n) is 13.6. The molecule has 1 aliphatic rings. The van der Waals surface area contributed by atoms with E-state index in [0.29, 0.717) is 19.7 Å². The smallest absolute Gasteiger partial charge is 0.451 e. The number of nitrogens with zero attached hydrogens (tertiary/aromatic N) is 5. The number of halogens is 3. The monoisotopic (exact) mass is 357 g/mol. The predicted octanol–water partition coefficient (Wildman–Crippen LogP) is 1.51. The van der Waals surface area contributed by atoms with Gasteiger partial charge in [0.2, 0.25) is 11.7 Å². The quantitative estimate of drug-likeness (QED) is 0.808. The van der Waals surface area contributed by atoms with Gasteiger partial charge < -0.3 is 14.0 Å². The number of imidazole rings is 1. The summed E-state index contributed by atoms with van der Waals surface area (Å²) in [4.78, 5) is 13.0. The van der Waals surface area contributed by atoms with E-state index in [-0.39, 0.29) is 18.6 Å². The number of hydrogen-bond acceptors (Lipinski definition) is 6. The normalized spacial score (nSPS) is 19.1. The highest BCUT2D eigenvalue weighted by molar-refractivity contribution is 5.10. The summed E-state index contributed by atoms with van der Waals surface area (Å²) in [5, 5.41) is 0. The van der Waals surface area contributed by atoms with Gasteiger partial charge in [0.15, 0.2) is 0 Å². The molecule has 2 aromatic rings. The van der Waals surface area contributed by atoms with Crippen LogP contribution in [0.15, 0.2) is 24.7 Å². The van der Waals surface area contributed by atoms with Crippen molar-refractivity contribution in [2.24, 2.45) is 7.05 Å². The molecular weight excluding hydrogens is 339 g/mol. The maximum atomic E-state index is 12.6. The summed E-state index contributed by atoms with van der Waals surface area (Å²) in [7, 11) is 1.93. The molecule has 136 valence electrons. The Morgan fingerprint density at radius 1 is 1.32 bits per heavy atom. The van der Waals surface area contributed by atoms with Gasteiger partial charge in [-0.3, -0.25) is 4.90 Å². The second-order valence-corrected chi connectivity index (χ2v) is 5.71. The summed E-state index contributed by atoms with van der Waals surface area (Å²) in [5.41, 5.74) is 0. The topological polar surface area (TPSA) is 65.3 Å². The highest BCUT2D eigenvalue weighted by Gasteiger charge is 2.35. The van der Waals surface area contributed by atoms with Crippen molar-refractivity contribution in [3.8, 4) is 5.88 Å². The average molecular weight is 357 g/mol. The van der Waals surface area contributed by atoms with E-state index in [1.165, 1.54) is 6.07 Å². The van der Waals surface area contributed by atoms with Gasteiger partial charge in [0.05, 0.1) is 13.2 Å². The van der Waals surface area contributed by atoms with Crippen LogP contribution in [0.1, 0.15) is 11.6 Å². The van der Waals surface area contributed by atoms with Crippen molar-refractivity contribution in [2.75, 3.05) is 26.3 Å². The van der Waals surface area contributed by atoms with Gasteiger partial charge in [-0.25, -0.2) is 9.97 Å². The van der Waals surface area contributed by atoms with Crippen molar-refractivity contribution < 1.29 is 22.6 Å². The van der Waals surface area contributed by atoms with E-state index in [0.717, 1.165) is 18.6 Å². The molecule has 1 fully saturated rings. The van der Waals surface area contributed by atoms with E-state index in [4.69, 9.17) is 9.47 Å². The zero-order chi connectivity index (χ0) is 17.9. The Balaban J connectivity index is 1.54. The number of aryl methyl sites for hydroxylation is 1. The zero-order valence-corrected chi connectivity index (χ0v) is 13.6. The third-order valence-electron chi connectivity index (χ3n) is 3.81. The fourth-order valence-corrected chi connectivity index (χ4v) is 2.51. The lowest BCUT2D eigenvalue weighted by atomic mass is 10.3. The molecule has 0 aromatic carbocycles. The third-order valence-corrected chi connectivity index (χ3v) is 3.81. The van der Waals surface area contributed by atoms with Crippen LogP contribution in [0.5, 0.6) is 5.88 Å². The van der Waals surface area contributed by atoms with Gasteiger partial charge in [-0.1, -0.05) is 0 Å². The van der Waals surface area contributed by atoms with Gasteiger partial charge in [-0.2, -0.15) is 18.2 Å². The molecule has 0 radical (unpaired) electrons. The lowest BCUT2D eigenvalue weighted by Gasteiger charge is -2.32. The van der Waals surface area contributed by atoms with Crippen molar-refractivity contribution in [1.82, 2.24) is 24.4 Å². The highest BCUT2D eigenvalue weighted by Crippen LogP contribution is 2.26. The van der Waals surface area contributed by atoms with E-state index in [1.54, 1.807) is 6.20 Å². The maximum absolute atomic E-state index is 12.6. The van der Waals surface area contributed by atoms with Crippen LogP contribution in [0.25, 0.3) is 0 Å². The molecule has 2 aromatic heterocycles. The molecule has 1 aliphatic heterocycles. The van der Waals surface area contributed by atoms with Crippen LogP contribution < -0.4 is 4.74 Å². The molecule has 0 N–H and O–H groups in total. The first-order valence-corrected chi connectivity index (χ1v) is 7.75. The lowest BCUT2D eigenvalue weighted by Crippen LogP contribution is -2.44. The Morgan fingerprint density at radius 3 is 2.88 bits per heavy atom. The Morgan fingerprint density at radius 2 is 2.16 bits per heavy atom. The molecule has 1 unspecified atom stereocenters. The van der Waals surface area contributed by atoms with E-state index >= 15 is 0 Å². The summed E-state index contributed by atoms with van der Waals surface area (Å²) < 4.78 is 50.7. The second kappa shape index (κ2) is 7.36. The van der Waals surface area contributed by atoms with Crippen LogP contribution in [-0.4, -0.2) is 56.8 Å². The molecule has 3 heterocycles.